The molecular weight excluding hydrogens is 427 g/mol. The molecule has 6 nitrogen and oxygen atoms in total. The number of aliphatic hydroxyl groups excluding tert-OH is 2. The minimum Gasteiger partial charge on any atom is -0.462 e. The van der Waals surface area contributed by atoms with Gasteiger partial charge in [-0.15, -0.1) is 0 Å². The summed E-state index contributed by atoms with van der Waals surface area (Å²) in [5.41, 5.74) is 0. The average Bonchev–Trinajstić information content (AvgIpc) is 2.67. The lowest BCUT2D eigenvalue weighted by molar-refractivity contribution is -0.266. The zero-order valence-electron chi connectivity index (χ0n) is 14.7. The lowest BCUT2D eigenvalue weighted by Gasteiger charge is -2.40. The summed E-state index contributed by atoms with van der Waals surface area (Å²) >= 11 is 16.8. The number of halogens is 2. The fraction of sp³-hybridized carbons (Fsp3) is 0.316. The summed E-state index contributed by atoms with van der Waals surface area (Å²) in [7, 11) is 0. The van der Waals surface area contributed by atoms with Crippen molar-refractivity contribution in [2.75, 3.05) is 0 Å². The van der Waals surface area contributed by atoms with Gasteiger partial charge in [-0.25, -0.2) is 0 Å². The number of benzene rings is 2. The van der Waals surface area contributed by atoms with E-state index in [1.54, 1.807) is 55.5 Å². The summed E-state index contributed by atoms with van der Waals surface area (Å²) in [6.45, 7) is 1.63. The molecule has 2 aromatic rings. The van der Waals surface area contributed by atoms with Gasteiger partial charge in [0.05, 0.1) is 6.10 Å². The molecule has 0 bridgehead atoms. The monoisotopic (exact) mass is 444 g/mol. The second kappa shape index (κ2) is 9.26. The number of aliphatic hydroxyl groups is 2. The van der Waals surface area contributed by atoms with E-state index in [0.717, 1.165) is 0 Å². The van der Waals surface area contributed by atoms with Gasteiger partial charge in [-0.2, -0.15) is 0 Å². The molecular formula is C19H18Cl2O6S. The largest absolute Gasteiger partial charge is 0.462 e. The van der Waals surface area contributed by atoms with E-state index in [9.17, 15) is 10.2 Å². The Balaban J connectivity index is 1.66. The first-order chi connectivity index (χ1) is 13.3. The molecule has 0 unspecified atom stereocenters. The van der Waals surface area contributed by atoms with Crippen molar-refractivity contribution < 1.29 is 29.2 Å². The minimum absolute atomic E-state index is 0.259. The maximum absolute atomic E-state index is 10.6. The van der Waals surface area contributed by atoms with Gasteiger partial charge in [-0.05, 0) is 55.5 Å². The Hall–Kier alpha value is -1.61. The molecule has 0 aromatic heterocycles. The number of hydrogen-bond donors (Lipinski definition) is 2. The molecule has 28 heavy (non-hydrogen) atoms. The fourth-order valence-electron chi connectivity index (χ4n) is 2.61. The van der Waals surface area contributed by atoms with Crippen LogP contribution in [-0.2, 0) is 9.47 Å². The van der Waals surface area contributed by atoms with Crippen LogP contribution in [0.5, 0.6) is 11.5 Å². The van der Waals surface area contributed by atoms with E-state index < -0.39 is 30.7 Å². The van der Waals surface area contributed by atoms with E-state index in [1.165, 1.54) is 0 Å². The Bertz CT molecular complexity index is 801. The van der Waals surface area contributed by atoms with Crippen molar-refractivity contribution >= 4 is 40.7 Å². The third-order valence-electron chi connectivity index (χ3n) is 4.09. The van der Waals surface area contributed by atoms with Crippen LogP contribution in [0.4, 0.5) is 0 Å². The third-order valence-corrected chi connectivity index (χ3v) is 4.78. The molecule has 0 radical (unpaired) electrons. The van der Waals surface area contributed by atoms with Crippen molar-refractivity contribution in [3.63, 3.8) is 0 Å². The molecule has 5 atom stereocenters. The molecule has 0 amide bonds. The van der Waals surface area contributed by atoms with Crippen molar-refractivity contribution in [2.45, 2.75) is 37.6 Å². The van der Waals surface area contributed by atoms with Gasteiger partial charge >= 0.3 is 5.24 Å². The van der Waals surface area contributed by atoms with Crippen molar-refractivity contribution in [1.82, 2.24) is 0 Å². The maximum atomic E-state index is 10.6. The van der Waals surface area contributed by atoms with Crippen molar-refractivity contribution in [3.8, 4) is 11.5 Å². The molecule has 150 valence electrons. The van der Waals surface area contributed by atoms with Gasteiger partial charge in [-0.1, -0.05) is 23.2 Å². The molecule has 3 rings (SSSR count). The Kier molecular flexibility index (Phi) is 6.98. The minimum atomic E-state index is -1.33. The molecule has 0 aliphatic carbocycles. The van der Waals surface area contributed by atoms with Crippen LogP contribution in [0.25, 0.3) is 0 Å². The van der Waals surface area contributed by atoms with E-state index in [0.29, 0.717) is 21.5 Å². The molecule has 1 aliphatic rings. The Morgan fingerprint density at radius 3 is 2.04 bits per heavy atom. The third kappa shape index (κ3) is 5.26. The normalized spacial score (nSPS) is 27.1. The lowest BCUT2D eigenvalue weighted by Crippen LogP contribution is -2.59. The van der Waals surface area contributed by atoms with Crippen LogP contribution in [0.1, 0.15) is 6.92 Å². The number of rotatable bonds is 4. The van der Waals surface area contributed by atoms with Crippen LogP contribution in [0.3, 0.4) is 0 Å². The molecule has 9 heteroatoms. The zero-order valence-corrected chi connectivity index (χ0v) is 17.0. The van der Waals surface area contributed by atoms with Gasteiger partial charge in [0.2, 0.25) is 6.29 Å². The molecule has 1 fully saturated rings. The molecule has 2 aromatic carbocycles. The zero-order chi connectivity index (χ0) is 20.3. The molecule has 1 aliphatic heterocycles. The quantitative estimate of drug-likeness (QED) is 0.697. The molecule has 0 saturated carbocycles. The van der Waals surface area contributed by atoms with Crippen LogP contribution in [0.15, 0.2) is 48.5 Å². The number of hydrogen-bond acceptors (Lipinski definition) is 7. The van der Waals surface area contributed by atoms with Crippen LogP contribution in [0.2, 0.25) is 10.0 Å². The Morgan fingerprint density at radius 2 is 1.46 bits per heavy atom. The summed E-state index contributed by atoms with van der Waals surface area (Å²) in [6.07, 6.45) is -5.34. The van der Waals surface area contributed by atoms with Crippen LogP contribution in [-0.4, -0.2) is 46.2 Å². The van der Waals surface area contributed by atoms with Gasteiger partial charge < -0.3 is 29.2 Å². The van der Waals surface area contributed by atoms with Crippen LogP contribution < -0.4 is 9.47 Å². The Labute approximate surface area is 177 Å². The topological polar surface area (TPSA) is 77.4 Å². The molecule has 1 heterocycles. The van der Waals surface area contributed by atoms with Crippen LogP contribution in [0, 0.1) is 0 Å². The van der Waals surface area contributed by atoms with E-state index in [2.05, 4.69) is 0 Å². The van der Waals surface area contributed by atoms with Crippen molar-refractivity contribution in [2.24, 2.45) is 0 Å². The van der Waals surface area contributed by atoms with Crippen LogP contribution >= 0.6 is 35.4 Å². The van der Waals surface area contributed by atoms with Gasteiger partial charge in [0.15, 0.2) is 12.2 Å². The van der Waals surface area contributed by atoms with E-state index in [1.807, 2.05) is 0 Å². The predicted molar refractivity (Wildman–Crippen MR) is 108 cm³/mol. The van der Waals surface area contributed by atoms with Crippen molar-refractivity contribution in [3.05, 3.63) is 58.6 Å². The van der Waals surface area contributed by atoms with Gasteiger partial charge in [0, 0.05) is 22.3 Å². The first-order valence-corrected chi connectivity index (χ1v) is 9.58. The van der Waals surface area contributed by atoms with Crippen molar-refractivity contribution in [1.29, 1.82) is 0 Å². The molecule has 1 saturated heterocycles. The first-order valence-electron chi connectivity index (χ1n) is 8.41. The second-order valence-electron chi connectivity index (χ2n) is 6.15. The summed E-state index contributed by atoms with van der Waals surface area (Å²) in [4.78, 5) is 0. The summed E-state index contributed by atoms with van der Waals surface area (Å²) in [6, 6.07) is 13.1. The average molecular weight is 445 g/mol. The SMILES string of the molecule is C[C@@H]1O[C@H](Oc2ccc(Cl)cc2)[C@H](O)[C@H](OC(=S)Oc2ccc(Cl)cc2)[C@H]1O. The summed E-state index contributed by atoms with van der Waals surface area (Å²) in [5, 5.41) is 21.8. The Morgan fingerprint density at radius 1 is 0.929 bits per heavy atom. The summed E-state index contributed by atoms with van der Waals surface area (Å²) < 4.78 is 22.1. The summed E-state index contributed by atoms with van der Waals surface area (Å²) in [5.74, 6) is 0.850. The smallest absolute Gasteiger partial charge is 0.358 e. The van der Waals surface area contributed by atoms with Gasteiger partial charge in [-0.3, -0.25) is 0 Å². The molecule has 2 N–H and O–H groups in total. The fourth-order valence-corrected chi connectivity index (χ4v) is 3.07. The lowest BCUT2D eigenvalue weighted by atomic mass is 10.00. The molecule has 0 spiro atoms. The predicted octanol–water partition coefficient (Wildman–Crippen LogP) is 3.59. The maximum Gasteiger partial charge on any atom is 0.358 e. The van der Waals surface area contributed by atoms with E-state index in [4.69, 9.17) is 54.4 Å². The number of thiocarbonyl (C=S) groups is 1. The standard InChI is InChI=1S/C19H18Cl2O6S/c1-10-15(22)17(27-19(28)26-14-8-4-12(21)5-9-14)16(23)18(24-10)25-13-6-2-11(20)3-7-13/h2-10,15-18,22-23H,1H3/t10-,15-,16+,17+,18+/m0/s1. The van der Waals surface area contributed by atoms with E-state index in [-0.39, 0.29) is 5.24 Å². The number of ether oxygens (including phenoxy) is 4. The highest BCUT2D eigenvalue weighted by molar-refractivity contribution is 7.79. The first kappa shape index (κ1) is 21.1. The highest BCUT2D eigenvalue weighted by atomic mass is 35.5. The van der Waals surface area contributed by atoms with Gasteiger partial charge in [0.25, 0.3) is 0 Å². The van der Waals surface area contributed by atoms with E-state index >= 15 is 0 Å². The van der Waals surface area contributed by atoms with Gasteiger partial charge in [0.1, 0.15) is 17.6 Å². The second-order valence-corrected chi connectivity index (χ2v) is 7.36. The highest BCUT2D eigenvalue weighted by Crippen LogP contribution is 2.27. The highest BCUT2D eigenvalue weighted by Gasteiger charge is 2.46.